The van der Waals surface area contributed by atoms with E-state index in [9.17, 15) is 0 Å². The third-order valence-corrected chi connectivity index (χ3v) is 3.96. The van der Waals surface area contributed by atoms with Gasteiger partial charge in [0.2, 0.25) is 0 Å². The molecule has 0 unspecified atom stereocenters. The number of methoxy groups -OCH3 is 1. The maximum atomic E-state index is 5.25. The molecule has 0 radical (unpaired) electrons. The molecule has 1 aliphatic rings. The van der Waals surface area contributed by atoms with E-state index in [0.717, 1.165) is 31.3 Å². The second-order valence-corrected chi connectivity index (χ2v) is 5.51. The van der Waals surface area contributed by atoms with Crippen LogP contribution in [0.2, 0.25) is 0 Å². The fourth-order valence-electron chi connectivity index (χ4n) is 2.77. The van der Waals surface area contributed by atoms with Gasteiger partial charge in [0.25, 0.3) is 0 Å². The quantitative estimate of drug-likeness (QED) is 0.888. The van der Waals surface area contributed by atoms with Crippen LogP contribution < -0.4 is 10.2 Å². The molecule has 1 N–H and O–H groups in total. The van der Waals surface area contributed by atoms with Crippen molar-refractivity contribution >= 4 is 11.6 Å². The first kappa shape index (κ1) is 14.8. The molecule has 2 heterocycles. The van der Waals surface area contributed by atoms with Gasteiger partial charge in [-0.15, -0.1) is 0 Å². The first-order valence-electron chi connectivity index (χ1n) is 7.73. The number of rotatable bonds is 6. The molecule has 5 nitrogen and oxygen atoms in total. The van der Waals surface area contributed by atoms with E-state index in [-0.39, 0.29) is 0 Å². The Bertz CT molecular complexity index is 611. The zero-order chi connectivity index (χ0) is 15.2. The lowest BCUT2D eigenvalue weighted by atomic mass is 10.1. The van der Waals surface area contributed by atoms with Crippen molar-refractivity contribution < 1.29 is 4.74 Å². The number of anilines is 2. The summed E-state index contributed by atoms with van der Waals surface area (Å²) in [5, 5.41) is 3.39. The van der Waals surface area contributed by atoms with Gasteiger partial charge in [0.05, 0.1) is 6.61 Å². The number of nitrogens with one attached hydrogen (secondary N) is 1. The molecule has 1 aromatic carbocycles. The Hall–Kier alpha value is -2.14. The van der Waals surface area contributed by atoms with Gasteiger partial charge in [-0.1, -0.05) is 24.3 Å². The molecule has 3 rings (SSSR count). The van der Waals surface area contributed by atoms with Crippen molar-refractivity contribution in [2.75, 3.05) is 30.4 Å². The van der Waals surface area contributed by atoms with Crippen LogP contribution >= 0.6 is 0 Å². The molecule has 0 atom stereocenters. The van der Waals surface area contributed by atoms with Crippen molar-refractivity contribution in [3.05, 3.63) is 47.8 Å². The van der Waals surface area contributed by atoms with Gasteiger partial charge in [0.1, 0.15) is 18.0 Å². The first-order valence-corrected chi connectivity index (χ1v) is 7.73. The van der Waals surface area contributed by atoms with Crippen LogP contribution in [0.1, 0.15) is 24.0 Å². The highest BCUT2D eigenvalue weighted by Gasteiger charge is 2.14. The van der Waals surface area contributed by atoms with Gasteiger partial charge >= 0.3 is 0 Å². The van der Waals surface area contributed by atoms with Crippen LogP contribution in [0.25, 0.3) is 0 Å². The van der Waals surface area contributed by atoms with Crippen LogP contribution in [0.3, 0.4) is 0 Å². The molecule has 1 aliphatic heterocycles. The van der Waals surface area contributed by atoms with E-state index in [1.807, 2.05) is 18.2 Å². The van der Waals surface area contributed by atoms with Crippen LogP contribution in [-0.2, 0) is 17.9 Å². The van der Waals surface area contributed by atoms with Crippen molar-refractivity contribution in [1.82, 2.24) is 9.97 Å². The summed E-state index contributed by atoms with van der Waals surface area (Å²) < 4.78 is 5.25. The number of hydrogen-bond donors (Lipinski definition) is 1. The van der Waals surface area contributed by atoms with E-state index in [1.165, 1.54) is 24.0 Å². The van der Waals surface area contributed by atoms with Gasteiger partial charge in [-0.2, -0.15) is 0 Å². The molecular formula is C17H22N4O. The Morgan fingerprint density at radius 1 is 1.14 bits per heavy atom. The zero-order valence-corrected chi connectivity index (χ0v) is 13.0. The number of ether oxygens (including phenoxy) is 1. The molecule has 0 amide bonds. The molecule has 0 bridgehead atoms. The largest absolute Gasteiger partial charge is 0.380 e. The van der Waals surface area contributed by atoms with Crippen molar-refractivity contribution in [2.24, 2.45) is 0 Å². The van der Waals surface area contributed by atoms with E-state index in [4.69, 9.17) is 4.74 Å². The number of nitrogens with zero attached hydrogens (tertiary/aromatic N) is 3. The fraction of sp³-hybridized carbons (Fsp3) is 0.412. The van der Waals surface area contributed by atoms with Crippen LogP contribution in [0.5, 0.6) is 0 Å². The predicted octanol–water partition coefficient (Wildman–Crippen LogP) is 2.84. The predicted molar refractivity (Wildman–Crippen MR) is 88.0 cm³/mol. The Balaban J connectivity index is 1.67. The SMILES string of the molecule is COCc1ccccc1CNc1cc(N2CCCC2)ncn1. The number of hydrogen-bond acceptors (Lipinski definition) is 5. The lowest BCUT2D eigenvalue weighted by Crippen LogP contribution is -2.19. The second kappa shape index (κ2) is 7.22. The molecule has 1 fully saturated rings. The minimum Gasteiger partial charge on any atom is -0.380 e. The third kappa shape index (κ3) is 3.54. The van der Waals surface area contributed by atoms with Crippen LogP contribution in [0.15, 0.2) is 36.7 Å². The van der Waals surface area contributed by atoms with E-state index in [0.29, 0.717) is 6.61 Å². The molecular weight excluding hydrogens is 276 g/mol. The summed E-state index contributed by atoms with van der Waals surface area (Å²) >= 11 is 0. The molecule has 1 saturated heterocycles. The standard InChI is InChI=1S/C17H22N4O/c1-22-12-15-7-3-2-6-14(15)11-18-16-10-17(20-13-19-16)21-8-4-5-9-21/h2-3,6-7,10,13H,4-5,8-9,11-12H2,1H3,(H,18,19,20). The van der Waals surface area contributed by atoms with Gasteiger partial charge in [-0.3, -0.25) is 0 Å². The van der Waals surface area contributed by atoms with Gasteiger partial charge < -0.3 is 15.0 Å². The van der Waals surface area contributed by atoms with Crippen molar-refractivity contribution in [3.63, 3.8) is 0 Å². The van der Waals surface area contributed by atoms with Crippen LogP contribution in [-0.4, -0.2) is 30.2 Å². The average molecular weight is 298 g/mol. The van der Waals surface area contributed by atoms with E-state index in [1.54, 1.807) is 13.4 Å². The smallest absolute Gasteiger partial charge is 0.134 e. The Labute approximate surface area is 131 Å². The summed E-state index contributed by atoms with van der Waals surface area (Å²) in [4.78, 5) is 11.0. The lowest BCUT2D eigenvalue weighted by molar-refractivity contribution is 0.184. The van der Waals surface area contributed by atoms with Crippen molar-refractivity contribution in [1.29, 1.82) is 0 Å². The van der Waals surface area contributed by atoms with Crippen LogP contribution in [0.4, 0.5) is 11.6 Å². The third-order valence-electron chi connectivity index (χ3n) is 3.96. The average Bonchev–Trinajstić information content (AvgIpc) is 3.09. The van der Waals surface area contributed by atoms with Crippen LogP contribution in [0, 0.1) is 0 Å². The second-order valence-electron chi connectivity index (χ2n) is 5.51. The lowest BCUT2D eigenvalue weighted by Gasteiger charge is -2.17. The highest BCUT2D eigenvalue weighted by Crippen LogP contribution is 2.20. The molecule has 116 valence electrons. The van der Waals surface area contributed by atoms with E-state index in [2.05, 4.69) is 32.3 Å². The molecule has 0 spiro atoms. The summed E-state index contributed by atoms with van der Waals surface area (Å²) in [6.07, 6.45) is 4.13. The first-order chi connectivity index (χ1) is 10.9. The summed E-state index contributed by atoms with van der Waals surface area (Å²) in [7, 11) is 1.72. The van der Waals surface area contributed by atoms with E-state index >= 15 is 0 Å². The molecule has 5 heteroatoms. The highest BCUT2D eigenvalue weighted by atomic mass is 16.5. The minimum atomic E-state index is 0.626. The summed E-state index contributed by atoms with van der Waals surface area (Å²) in [6.45, 7) is 3.54. The van der Waals surface area contributed by atoms with Crippen molar-refractivity contribution in [3.8, 4) is 0 Å². The minimum absolute atomic E-state index is 0.626. The normalized spacial score (nSPS) is 14.3. The van der Waals surface area contributed by atoms with Gasteiger partial charge in [0.15, 0.2) is 0 Å². The Morgan fingerprint density at radius 3 is 2.68 bits per heavy atom. The number of aromatic nitrogens is 2. The Morgan fingerprint density at radius 2 is 1.91 bits per heavy atom. The summed E-state index contributed by atoms with van der Waals surface area (Å²) in [6, 6.07) is 10.3. The molecule has 0 saturated carbocycles. The monoisotopic (exact) mass is 298 g/mol. The maximum absolute atomic E-state index is 5.25. The zero-order valence-electron chi connectivity index (χ0n) is 13.0. The number of benzene rings is 1. The van der Waals surface area contributed by atoms with Gasteiger partial charge in [0, 0.05) is 32.8 Å². The molecule has 0 aliphatic carbocycles. The summed E-state index contributed by atoms with van der Waals surface area (Å²) in [5.74, 6) is 1.88. The van der Waals surface area contributed by atoms with Gasteiger partial charge in [-0.25, -0.2) is 9.97 Å². The van der Waals surface area contributed by atoms with E-state index < -0.39 is 0 Å². The topological polar surface area (TPSA) is 50.3 Å². The fourth-order valence-corrected chi connectivity index (χ4v) is 2.77. The molecule has 22 heavy (non-hydrogen) atoms. The summed E-state index contributed by atoms with van der Waals surface area (Å²) in [5.41, 5.74) is 2.43. The highest BCUT2D eigenvalue weighted by molar-refractivity contribution is 5.49. The molecule has 2 aromatic rings. The molecule has 1 aromatic heterocycles. The Kier molecular flexibility index (Phi) is 4.85. The van der Waals surface area contributed by atoms with Gasteiger partial charge in [-0.05, 0) is 24.0 Å². The maximum Gasteiger partial charge on any atom is 0.134 e. The van der Waals surface area contributed by atoms with Crippen molar-refractivity contribution in [2.45, 2.75) is 26.0 Å².